The van der Waals surface area contributed by atoms with Gasteiger partial charge in [0.2, 0.25) is 23.6 Å². The summed E-state index contributed by atoms with van der Waals surface area (Å²) in [5.41, 5.74) is -0.684. The summed E-state index contributed by atoms with van der Waals surface area (Å²) >= 11 is 5.71. The van der Waals surface area contributed by atoms with Crippen LogP contribution in [0.4, 0.5) is 35.9 Å². The van der Waals surface area contributed by atoms with Gasteiger partial charge in [-0.05, 0) is 108 Å². The molecule has 0 radical (unpaired) electrons. The number of rotatable bonds is 10. The number of pyridine rings is 1. The number of imide groups is 1. The first-order valence-electron chi connectivity index (χ1n) is 18.6. The van der Waals surface area contributed by atoms with Crippen molar-refractivity contribution in [3.8, 4) is 11.9 Å². The number of thiocarbonyl (C=S) groups is 1. The molecule has 3 aromatic rings. The van der Waals surface area contributed by atoms with Crippen molar-refractivity contribution in [2.45, 2.75) is 103 Å². The number of nitrogens with one attached hydrogen (secondary N) is 3. The van der Waals surface area contributed by atoms with E-state index in [0.717, 1.165) is 22.6 Å². The first-order valence-corrected chi connectivity index (χ1v) is 19.0. The van der Waals surface area contributed by atoms with Crippen LogP contribution < -0.4 is 30.5 Å². The van der Waals surface area contributed by atoms with Gasteiger partial charge in [-0.25, -0.2) is 4.98 Å². The summed E-state index contributed by atoms with van der Waals surface area (Å²) in [5, 5.41) is 17.6. The van der Waals surface area contributed by atoms with E-state index in [1.54, 1.807) is 49.1 Å². The van der Waals surface area contributed by atoms with E-state index in [1.807, 2.05) is 26.8 Å². The molecule has 3 aliphatic rings. The van der Waals surface area contributed by atoms with E-state index >= 15 is 0 Å². The van der Waals surface area contributed by atoms with Crippen molar-refractivity contribution in [3.63, 3.8) is 0 Å². The number of nitrogens with zero attached hydrogens (tertiary/aromatic N) is 5. The molecule has 3 N–H and O–H groups in total. The molecule has 300 valence electrons. The van der Waals surface area contributed by atoms with Crippen LogP contribution in [0, 0.1) is 11.3 Å². The fourth-order valence-corrected chi connectivity index (χ4v) is 8.16. The van der Waals surface area contributed by atoms with Gasteiger partial charge >= 0.3 is 6.18 Å². The minimum atomic E-state index is -4.81. The largest absolute Gasteiger partial charge is 0.474 e. The molecule has 57 heavy (non-hydrogen) atoms. The number of halogens is 3. The van der Waals surface area contributed by atoms with Gasteiger partial charge in [0, 0.05) is 35.4 Å². The molecule has 1 aromatic heterocycles. The summed E-state index contributed by atoms with van der Waals surface area (Å²) in [4.78, 5) is 60.0. The maximum Gasteiger partial charge on any atom is 0.417 e. The highest BCUT2D eigenvalue weighted by Gasteiger charge is 2.51. The number of amides is 4. The quantitative estimate of drug-likeness (QED) is 0.165. The van der Waals surface area contributed by atoms with Crippen molar-refractivity contribution in [2.24, 2.45) is 0 Å². The van der Waals surface area contributed by atoms with Crippen LogP contribution in [0.25, 0.3) is 0 Å². The van der Waals surface area contributed by atoms with Crippen LogP contribution in [-0.4, -0.2) is 74.9 Å². The third-order valence-electron chi connectivity index (χ3n) is 10.6. The first kappa shape index (κ1) is 41.0. The van der Waals surface area contributed by atoms with Crippen molar-refractivity contribution in [2.75, 3.05) is 27.0 Å². The molecule has 3 aliphatic heterocycles. The lowest BCUT2D eigenvalue weighted by Crippen LogP contribution is -2.52. The Hall–Kier alpha value is -5.60. The zero-order valence-corrected chi connectivity index (χ0v) is 32.9. The standard InChI is InChI=1S/C40H43F3N8O5S/c1-6-24-16-29(51-38(57)50(37(55)39(51,4)5)28-11-10-25(19-44)31(18-28)40(41,42)43)20-45-36(24)56-30-14-22(2)49(23(3)15-30)21-34(53)47-27-9-7-8-26(17-27)46-32-12-13-33(52)48-35(32)54/h7-11,16-18,20,22-23,30,32,46H,6,12-15,21H2,1-5H3,(H,47,53)(H,48,52,54). The van der Waals surface area contributed by atoms with E-state index in [1.165, 1.54) is 12.3 Å². The number of hydrogen-bond acceptors (Lipinski definition) is 10. The molecule has 0 aliphatic carbocycles. The van der Waals surface area contributed by atoms with Crippen molar-refractivity contribution in [1.29, 1.82) is 5.26 Å². The van der Waals surface area contributed by atoms with Crippen molar-refractivity contribution >= 4 is 63.7 Å². The highest BCUT2D eigenvalue weighted by molar-refractivity contribution is 7.81. The summed E-state index contributed by atoms with van der Waals surface area (Å²) in [5.74, 6) is -1.00. The van der Waals surface area contributed by atoms with Crippen LogP contribution in [0.2, 0.25) is 0 Å². The van der Waals surface area contributed by atoms with Crippen molar-refractivity contribution in [1.82, 2.24) is 15.2 Å². The Balaban J connectivity index is 1.10. The van der Waals surface area contributed by atoms with E-state index in [4.69, 9.17) is 17.0 Å². The summed E-state index contributed by atoms with van der Waals surface area (Å²) in [7, 11) is 0. The molecule has 0 spiro atoms. The Morgan fingerprint density at radius 1 is 1.07 bits per heavy atom. The molecule has 4 heterocycles. The number of carbonyl (C=O) groups excluding carboxylic acids is 4. The fourth-order valence-electron chi connectivity index (χ4n) is 7.64. The van der Waals surface area contributed by atoms with Crippen LogP contribution in [-0.2, 0) is 31.8 Å². The maximum atomic E-state index is 13.8. The molecule has 2 aromatic carbocycles. The van der Waals surface area contributed by atoms with Crippen LogP contribution in [0.1, 0.15) is 77.0 Å². The van der Waals surface area contributed by atoms with Gasteiger partial charge in [0.05, 0.1) is 41.3 Å². The Morgan fingerprint density at radius 3 is 2.42 bits per heavy atom. The van der Waals surface area contributed by atoms with Gasteiger partial charge in [-0.3, -0.25) is 34.3 Å². The minimum Gasteiger partial charge on any atom is -0.474 e. The van der Waals surface area contributed by atoms with Crippen molar-refractivity contribution in [3.05, 3.63) is 71.4 Å². The molecular formula is C40H43F3N8O5S. The third-order valence-corrected chi connectivity index (χ3v) is 10.9. The molecule has 17 heteroatoms. The lowest BCUT2D eigenvalue weighted by molar-refractivity contribution is -0.138. The molecule has 3 fully saturated rings. The minimum absolute atomic E-state index is 0.0192. The topological polar surface area (TPSA) is 160 Å². The van der Waals surface area contributed by atoms with Crippen LogP contribution in [0.3, 0.4) is 0 Å². The molecule has 4 amide bonds. The number of carbonyl (C=O) groups is 4. The molecule has 3 atom stereocenters. The van der Waals surface area contributed by atoms with Gasteiger partial charge in [0.1, 0.15) is 17.7 Å². The monoisotopic (exact) mass is 804 g/mol. The number of anilines is 4. The number of nitriles is 1. The smallest absolute Gasteiger partial charge is 0.417 e. The van der Waals surface area contributed by atoms with E-state index in [9.17, 15) is 37.6 Å². The molecule has 6 rings (SSSR count). The van der Waals surface area contributed by atoms with Gasteiger partial charge in [0.15, 0.2) is 5.11 Å². The second-order valence-corrected chi connectivity index (χ2v) is 15.4. The zero-order valence-electron chi connectivity index (χ0n) is 32.1. The van der Waals surface area contributed by atoms with Gasteiger partial charge in [0.25, 0.3) is 5.91 Å². The highest BCUT2D eigenvalue weighted by Crippen LogP contribution is 2.40. The van der Waals surface area contributed by atoms with E-state index < -0.39 is 34.8 Å². The molecule has 3 unspecified atom stereocenters. The van der Waals surface area contributed by atoms with Crippen molar-refractivity contribution < 1.29 is 37.1 Å². The molecule has 13 nitrogen and oxygen atoms in total. The lowest BCUT2D eigenvalue weighted by atomic mass is 9.94. The number of piperidine rings is 2. The second kappa shape index (κ2) is 16.1. The molecule has 0 bridgehead atoms. The number of hydrogen-bond donors (Lipinski definition) is 3. The SMILES string of the molecule is CCc1cc(N2C(=S)N(c3ccc(C#N)c(C(F)(F)F)c3)C(=O)C2(C)C)cnc1OC1CC(C)N(CC(=O)Nc2cccc(NC3CCC(=O)NC3=O)c2)C(C)C1. The molecule has 0 saturated carbocycles. The van der Waals surface area contributed by atoms with Gasteiger partial charge < -0.3 is 20.3 Å². The maximum absolute atomic E-state index is 13.8. The average molecular weight is 805 g/mol. The Morgan fingerprint density at radius 2 is 1.77 bits per heavy atom. The number of aryl methyl sites for hydroxylation is 1. The zero-order chi connectivity index (χ0) is 41.4. The highest BCUT2D eigenvalue weighted by atomic mass is 32.1. The predicted octanol–water partition coefficient (Wildman–Crippen LogP) is 5.93. The number of ether oxygens (including phenoxy) is 1. The average Bonchev–Trinajstić information content (AvgIpc) is 3.32. The predicted molar refractivity (Wildman–Crippen MR) is 211 cm³/mol. The first-order chi connectivity index (χ1) is 26.9. The van der Waals surface area contributed by atoms with E-state index in [0.29, 0.717) is 48.6 Å². The van der Waals surface area contributed by atoms with Gasteiger partial charge in [-0.2, -0.15) is 18.4 Å². The second-order valence-electron chi connectivity index (χ2n) is 15.0. The van der Waals surface area contributed by atoms with Crippen LogP contribution in [0.15, 0.2) is 54.7 Å². The Labute approximate surface area is 333 Å². The number of likely N-dealkylation sites (tertiary alicyclic amines) is 1. The summed E-state index contributed by atoms with van der Waals surface area (Å²) in [6, 6.07) is 12.9. The number of aromatic nitrogens is 1. The lowest BCUT2D eigenvalue weighted by Gasteiger charge is -2.42. The summed E-state index contributed by atoms with van der Waals surface area (Å²) in [6.45, 7) is 9.40. The third kappa shape index (κ3) is 8.57. The normalized spacial score (nSPS) is 22.6. The summed E-state index contributed by atoms with van der Waals surface area (Å²) in [6.07, 6.45) is -1.11. The number of benzene rings is 2. The van der Waals surface area contributed by atoms with Gasteiger partial charge in [-0.1, -0.05) is 13.0 Å². The Bertz CT molecular complexity index is 2150. The fraction of sp³-hybridized carbons (Fsp3) is 0.425. The van der Waals surface area contributed by atoms with E-state index in [-0.39, 0.29) is 59.7 Å². The number of alkyl halides is 3. The van der Waals surface area contributed by atoms with Crippen LogP contribution >= 0.6 is 12.2 Å². The molecular weight excluding hydrogens is 762 g/mol. The summed E-state index contributed by atoms with van der Waals surface area (Å²) < 4.78 is 47.9. The Kier molecular flexibility index (Phi) is 11.6. The van der Waals surface area contributed by atoms with Gasteiger partial charge in [-0.15, -0.1) is 0 Å². The van der Waals surface area contributed by atoms with Crippen LogP contribution in [0.5, 0.6) is 5.88 Å². The molecule has 3 saturated heterocycles. The van der Waals surface area contributed by atoms with E-state index in [2.05, 4.69) is 25.8 Å².